The molecule has 2 aliphatic rings. The fourth-order valence-corrected chi connectivity index (χ4v) is 4.82. The Hall–Kier alpha value is -2.34. The van der Waals surface area contributed by atoms with E-state index in [-0.39, 0.29) is 6.42 Å². The molecule has 4 rings (SSSR count). The molecule has 0 spiro atoms. The summed E-state index contributed by atoms with van der Waals surface area (Å²) >= 11 is 3.39. The van der Waals surface area contributed by atoms with E-state index in [0.717, 1.165) is 54.2 Å². The van der Waals surface area contributed by atoms with Gasteiger partial charge in [0.25, 0.3) is 0 Å². The van der Waals surface area contributed by atoms with Crippen LogP contribution in [-0.2, 0) is 36.9 Å². The van der Waals surface area contributed by atoms with Gasteiger partial charge in [0.1, 0.15) is 6.04 Å². The lowest BCUT2D eigenvalue weighted by atomic mass is 9.99. The maximum absolute atomic E-state index is 12.7. The smallest absolute Gasteiger partial charge is 0.326 e. The van der Waals surface area contributed by atoms with Gasteiger partial charge in [0.15, 0.2) is 0 Å². The number of aliphatic carboxylic acids is 1. The maximum Gasteiger partial charge on any atom is 0.326 e. The minimum absolute atomic E-state index is 0.229. The summed E-state index contributed by atoms with van der Waals surface area (Å²) in [6.07, 6.45) is 6.49. The quantitative estimate of drug-likeness (QED) is 0.647. The molecule has 0 radical (unpaired) electrons. The zero-order valence-electron chi connectivity index (χ0n) is 15.6. The summed E-state index contributed by atoms with van der Waals surface area (Å²) in [6.45, 7) is 0. The first-order valence-corrected chi connectivity index (χ1v) is 10.5. The summed E-state index contributed by atoms with van der Waals surface area (Å²) in [7, 11) is 0. The largest absolute Gasteiger partial charge is 0.480 e. The highest BCUT2D eigenvalue weighted by atomic mass is 79.9. The van der Waals surface area contributed by atoms with Crippen LogP contribution >= 0.6 is 15.9 Å². The van der Waals surface area contributed by atoms with Crippen LogP contribution < -0.4 is 10.6 Å². The van der Waals surface area contributed by atoms with Crippen LogP contribution in [0, 0.1) is 0 Å². The zero-order valence-corrected chi connectivity index (χ0v) is 17.1. The molecule has 146 valence electrons. The molecule has 5 nitrogen and oxygen atoms in total. The fourth-order valence-electron chi connectivity index (χ4n) is 4.37. The van der Waals surface area contributed by atoms with Crippen LogP contribution in [-0.4, -0.2) is 23.1 Å². The van der Waals surface area contributed by atoms with Crippen molar-refractivity contribution in [1.82, 2.24) is 5.32 Å². The molecule has 2 aliphatic carbocycles. The molecule has 0 bridgehead atoms. The van der Waals surface area contributed by atoms with Crippen LogP contribution in [0.5, 0.6) is 0 Å². The van der Waals surface area contributed by atoms with Crippen LogP contribution in [0.1, 0.15) is 40.7 Å². The van der Waals surface area contributed by atoms with Crippen LogP contribution in [0.25, 0.3) is 0 Å². The number of benzene rings is 2. The van der Waals surface area contributed by atoms with Crippen LogP contribution in [0.4, 0.5) is 10.5 Å². The van der Waals surface area contributed by atoms with Crippen molar-refractivity contribution in [3.63, 3.8) is 0 Å². The van der Waals surface area contributed by atoms with Crippen molar-refractivity contribution >= 4 is 33.6 Å². The summed E-state index contributed by atoms with van der Waals surface area (Å²) < 4.78 is 0.883. The fraction of sp³-hybridized carbons (Fsp3) is 0.364. The van der Waals surface area contributed by atoms with Crippen molar-refractivity contribution in [2.45, 2.75) is 51.0 Å². The lowest BCUT2D eigenvalue weighted by Gasteiger charge is -2.19. The molecule has 2 amide bonds. The van der Waals surface area contributed by atoms with E-state index in [1.807, 2.05) is 24.3 Å². The predicted octanol–water partition coefficient (Wildman–Crippen LogP) is 4.24. The average Bonchev–Trinajstić information content (AvgIpc) is 3.30. The number of carboxylic acids is 1. The molecule has 1 atom stereocenters. The number of anilines is 1. The Morgan fingerprint density at radius 3 is 2.32 bits per heavy atom. The second-order valence-electron chi connectivity index (χ2n) is 7.56. The van der Waals surface area contributed by atoms with Gasteiger partial charge in [-0.25, -0.2) is 9.59 Å². The van der Waals surface area contributed by atoms with Gasteiger partial charge in [0, 0.05) is 16.6 Å². The lowest BCUT2D eigenvalue weighted by Crippen LogP contribution is -2.44. The summed E-state index contributed by atoms with van der Waals surface area (Å²) in [5.41, 5.74) is 6.90. The first-order chi connectivity index (χ1) is 13.5. The van der Waals surface area contributed by atoms with E-state index in [4.69, 9.17) is 0 Å². The number of hydrogen-bond donors (Lipinski definition) is 3. The van der Waals surface area contributed by atoms with Crippen LogP contribution in [0.2, 0.25) is 0 Å². The molecule has 0 saturated carbocycles. The molecule has 28 heavy (non-hydrogen) atoms. The molecule has 6 heteroatoms. The summed E-state index contributed by atoms with van der Waals surface area (Å²) in [4.78, 5) is 24.4. The lowest BCUT2D eigenvalue weighted by molar-refractivity contribution is -0.139. The summed E-state index contributed by atoms with van der Waals surface area (Å²) in [5, 5.41) is 15.2. The number of aryl methyl sites for hydroxylation is 2. The average molecular weight is 443 g/mol. The number of urea groups is 1. The monoisotopic (exact) mass is 442 g/mol. The van der Waals surface area contributed by atoms with Crippen molar-refractivity contribution in [3.05, 3.63) is 62.6 Å². The first-order valence-electron chi connectivity index (χ1n) is 9.72. The highest BCUT2D eigenvalue weighted by Crippen LogP contribution is 2.38. The highest BCUT2D eigenvalue weighted by molar-refractivity contribution is 9.10. The molecular formula is C22H23BrN2O3. The molecule has 0 aromatic heterocycles. The zero-order chi connectivity index (χ0) is 19.7. The Labute approximate surface area is 172 Å². The van der Waals surface area contributed by atoms with E-state index in [1.54, 1.807) is 0 Å². The molecule has 3 N–H and O–H groups in total. The van der Waals surface area contributed by atoms with Gasteiger partial charge in [-0.3, -0.25) is 0 Å². The molecule has 0 fully saturated rings. The molecule has 2 aromatic rings. The van der Waals surface area contributed by atoms with Gasteiger partial charge in [0.2, 0.25) is 0 Å². The van der Waals surface area contributed by atoms with Gasteiger partial charge in [-0.1, -0.05) is 34.1 Å². The van der Waals surface area contributed by atoms with E-state index in [0.29, 0.717) is 0 Å². The van der Waals surface area contributed by atoms with E-state index in [2.05, 4.69) is 32.6 Å². The van der Waals surface area contributed by atoms with Gasteiger partial charge in [-0.2, -0.15) is 0 Å². The third-order valence-corrected chi connectivity index (χ3v) is 6.14. The van der Waals surface area contributed by atoms with Crippen molar-refractivity contribution in [2.75, 3.05) is 5.32 Å². The van der Waals surface area contributed by atoms with Crippen LogP contribution in [0.15, 0.2) is 34.8 Å². The van der Waals surface area contributed by atoms with E-state index in [9.17, 15) is 14.7 Å². The molecule has 0 unspecified atom stereocenters. The number of halogens is 1. The van der Waals surface area contributed by atoms with Gasteiger partial charge in [0.05, 0.1) is 0 Å². The number of carboxylic acid groups (broad SMARTS) is 1. The number of fused-ring (bicyclic) bond motifs is 2. The van der Waals surface area contributed by atoms with Crippen molar-refractivity contribution in [2.24, 2.45) is 0 Å². The third-order valence-electron chi connectivity index (χ3n) is 5.64. The van der Waals surface area contributed by atoms with Crippen LogP contribution in [0.3, 0.4) is 0 Å². The Balaban J connectivity index is 1.51. The minimum atomic E-state index is -1.04. The van der Waals surface area contributed by atoms with E-state index >= 15 is 0 Å². The number of rotatable bonds is 5. The van der Waals surface area contributed by atoms with Gasteiger partial charge >= 0.3 is 12.0 Å². The minimum Gasteiger partial charge on any atom is -0.480 e. The van der Waals surface area contributed by atoms with Crippen molar-refractivity contribution in [1.29, 1.82) is 0 Å². The normalized spacial score (nSPS) is 15.6. The highest BCUT2D eigenvalue weighted by Gasteiger charge is 2.26. The maximum atomic E-state index is 12.7. The molecular weight excluding hydrogens is 420 g/mol. The first kappa shape index (κ1) is 19.0. The predicted molar refractivity (Wildman–Crippen MR) is 112 cm³/mol. The number of nitrogens with one attached hydrogen (secondary N) is 2. The second-order valence-corrected chi connectivity index (χ2v) is 8.47. The summed E-state index contributed by atoms with van der Waals surface area (Å²) in [5.74, 6) is -1.04. The number of hydrogen-bond acceptors (Lipinski definition) is 2. The Kier molecular flexibility index (Phi) is 5.40. The number of amides is 2. The molecule has 2 aromatic carbocycles. The topological polar surface area (TPSA) is 78.4 Å². The molecule has 0 heterocycles. The third kappa shape index (κ3) is 3.92. The molecule has 0 aliphatic heterocycles. The number of carbonyl (C=O) groups is 2. The van der Waals surface area contributed by atoms with E-state index in [1.165, 1.54) is 22.3 Å². The van der Waals surface area contributed by atoms with Crippen molar-refractivity contribution < 1.29 is 14.7 Å². The molecule has 0 saturated heterocycles. The SMILES string of the molecule is O=C(Nc1c2c(cc3c1CCC3)CCC2)N[C@H](Cc1cccc(Br)c1)C(=O)O. The van der Waals surface area contributed by atoms with Gasteiger partial charge < -0.3 is 15.7 Å². The Bertz CT molecular complexity index is 909. The van der Waals surface area contributed by atoms with Gasteiger partial charge in [-0.05, 0) is 78.5 Å². The standard InChI is InChI=1S/C22H23BrN2O3/c23-16-7-1-4-13(10-16)11-19(21(26)27)24-22(28)25-20-17-8-2-5-14(17)12-15-6-3-9-18(15)20/h1,4,7,10,12,19H,2-3,5-6,8-9,11H2,(H,26,27)(H2,24,25,28)/t19-/m1/s1. The Morgan fingerprint density at radius 1 is 1.04 bits per heavy atom. The summed E-state index contributed by atoms with van der Waals surface area (Å²) in [6, 6.07) is 8.34. The second kappa shape index (κ2) is 7.95. The Morgan fingerprint density at radius 2 is 1.71 bits per heavy atom. The van der Waals surface area contributed by atoms with E-state index < -0.39 is 18.0 Å². The van der Waals surface area contributed by atoms with Crippen molar-refractivity contribution in [3.8, 4) is 0 Å². The number of carbonyl (C=O) groups excluding carboxylic acids is 1. The van der Waals surface area contributed by atoms with Gasteiger partial charge in [-0.15, -0.1) is 0 Å².